The van der Waals surface area contributed by atoms with Crippen LogP contribution < -0.4 is 10.6 Å². The maximum absolute atomic E-state index is 12.1. The van der Waals surface area contributed by atoms with E-state index >= 15 is 0 Å². The molecule has 0 aromatic heterocycles. The molecular formula is C18H21BrN2O. The Bertz CT molecular complexity index is 687. The zero-order valence-corrected chi connectivity index (χ0v) is 15.0. The molecule has 0 fully saturated rings. The molecule has 0 atom stereocenters. The van der Waals surface area contributed by atoms with Crippen LogP contribution >= 0.6 is 15.9 Å². The molecule has 2 rings (SSSR count). The predicted octanol–water partition coefficient (Wildman–Crippen LogP) is 4.73. The first-order chi connectivity index (χ1) is 10.4. The summed E-state index contributed by atoms with van der Waals surface area (Å²) in [5, 5.41) is 6.14. The van der Waals surface area contributed by atoms with Crippen molar-refractivity contribution in [3.05, 3.63) is 57.1 Å². The summed E-state index contributed by atoms with van der Waals surface area (Å²) in [6, 6.07) is 10.1. The second-order valence-electron chi connectivity index (χ2n) is 5.64. The second-order valence-corrected chi connectivity index (χ2v) is 6.49. The summed E-state index contributed by atoms with van der Waals surface area (Å²) in [5.41, 5.74) is 6.36. The molecule has 0 bridgehead atoms. The maximum Gasteiger partial charge on any atom is 0.243 e. The Kier molecular flexibility index (Phi) is 5.24. The normalized spacial score (nSPS) is 10.4. The van der Waals surface area contributed by atoms with Gasteiger partial charge in [0.15, 0.2) is 0 Å². The summed E-state index contributed by atoms with van der Waals surface area (Å²) >= 11 is 3.47. The van der Waals surface area contributed by atoms with Gasteiger partial charge < -0.3 is 10.6 Å². The molecule has 3 nitrogen and oxygen atoms in total. The van der Waals surface area contributed by atoms with Gasteiger partial charge in [-0.15, -0.1) is 0 Å². The van der Waals surface area contributed by atoms with Gasteiger partial charge >= 0.3 is 0 Å². The molecule has 116 valence electrons. The van der Waals surface area contributed by atoms with E-state index in [1.54, 1.807) is 0 Å². The van der Waals surface area contributed by atoms with E-state index in [9.17, 15) is 4.79 Å². The van der Waals surface area contributed by atoms with Crippen LogP contribution in [0.5, 0.6) is 0 Å². The lowest BCUT2D eigenvalue weighted by Crippen LogP contribution is -2.22. The zero-order chi connectivity index (χ0) is 16.3. The number of rotatable bonds is 4. The van der Waals surface area contributed by atoms with E-state index in [4.69, 9.17) is 0 Å². The Morgan fingerprint density at radius 2 is 1.64 bits per heavy atom. The third kappa shape index (κ3) is 4.10. The third-order valence-corrected chi connectivity index (χ3v) is 4.44. The molecule has 1 amide bonds. The molecule has 4 heteroatoms. The Hall–Kier alpha value is -1.81. The van der Waals surface area contributed by atoms with Crippen LogP contribution in [0.3, 0.4) is 0 Å². The molecule has 2 N–H and O–H groups in total. The maximum atomic E-state index is 12.1. The van der Waals surface area contributed by atoms with Crippen molar-refractivity contribution in [1.82, 2.24) is 0 Å². The number of aryl methyl sites for hydroxylation is 4. The van der Waals surface area contributed by atoms with E-state index in [1.165, 1.54) is 5.56 Å². The first-order valence-electron chi connectivity index (χ1n) is 7.24. The largest absolute Gasteiger partial charge is 0.376 e. The van der Waals surface area contributed by atoms with Gasteiger partial charge in [-0.1, -0.05) is 33.6 Å². The van der Waals surface area contributed by atoms with Crippen LogP contribution in [0.25, 0.3) is 0 Å². The molecule has 0 unspecified atom stereocenters. The molecule has 2 aromatic carbocycles. The number of amides is 1. The number of hydrogen-bond donors (Lipinski definition) is 2. The lowest BCUT2D eigenvalue weighted by Gasteiger charge is -2.14. The molecule has 0 aliphatic heterocycles. The van der Waals surface area contributed by atoms with Crippen LogP contribution in [-0.2, 0) is 4.79 Å². The Morgan fingerprint density at radius 3 is 2.23 bits per heavy atom. The molecule has 0 aliphatic rings. The average Bonchev–Trinajstić information content (AvgIpc) is 2.44. The van der Waals surface area contributed by atoms with Crippen molar-refractivity contribution in [2.45, 2.75) is 27.7 Å². The lowest BCUT2D eigenvalue weighted by atomic mass is 10.1. The third-order valence-electron chi connectivity index (χ3n) is 3.55. The SMILES string of the molecule is Cc1cc(C)c(NC(=O)CNc2ccc(Br)c(C)c2)c(C)c1. The highest BCUT2D eigenvalue weighted by molar-refractivity contribution is 9.10. The number of benzene rings is 2. The summed E-state index contributed by atoms with van der Waals surface area (Å²) < 4.78 is 1.06. The quantitative estimate of drug-likeness (QED) is 0.826. The summed E-state index contributed by atoms with van der Waals surface area (Å²) in [5.74, 6) is -0.0457. The first-order valence-corrected chi connectivity index (χ1v) is 8.04. The number of halogens is 1. The highest BCUT2D eigenvalue weighted by Gasteiger charge is 2.08. The number of anilines is 2. The number of hydrogen-bond acceptors (Lipinski definition) is 2. The van der Waals surface area contributed by atoms with Crippen molar-refractivity contribution >= 4 is 33.2 Å². The van der Waals surface area contributed by atoms with Crippen LogP contribution in [0.4, 0.5) is 11.4 Å². The van der Waals surface area contributed by atoms with E-state index in [0.717, 1.165) is 32.5 Å². The summed E-state index contributed by atoms with van der Waals surface area (Å²) in [4.78, 5) is 12.1. The van der Waals surface area contributed by atoms with Crippen LogP contribution in [0.2, 0.25) is 0 Å². The van der Waals surface area contributed by atoms with Crippen molar-refractivity contribution in [2.24, 2.45) is 0 Å². The molecule has 0 saturated carbocycles. The van der Waals surface area contributed by atoms with Gasteiger partial charge in [0.2, 0.25) is 5.91 Å². The van der Waals surface area contributed by atoms with Crippen molar-refractivity contribution < 1.29 is 4.79 Å². The Morgan fingerprint density at radius 1 is 1.00 bits per heavy atom. The van der Waals surface area contributed by atoms with Crippen molar-refractivity contribution in [3.63, 3.8) is 0 Å². The lowest BCUT2D eigenvalue weighted by molar-refractivity contribution is -0.114. The van der Waals surface area contributed by atoms with E-state index in [2.05, 4.69) is 45.6 Å². The molecule has 0 radical (unpaired) electrons. The van der Waals surface area contributed by atoms with Crippen molar-refractivity contribution in [2.75, 3.05) is 17.2 Å². The van der Waals surface area contributed by atoms with E-state index in [0.29, 0.717) is 0 Å². The summed E-state index contributed by atoms with van der Waals surface area (Å²) in [7, 11) is 0. The van der Waals surface area contributed by atoms with Gasteiger partial charge in [-0.05, 0) is 62.6 Å². The van der Waals surface area contributed by atoms with Gasteiger partial charge in [0.25, 0.3) is 0 Å². The van der Waals surface area contributed by atoms with Crippen LogP contribution in [0.15, 0.2) is 34.8 Å². The van der Waals surface area contributed by atoms with Crippen molar-refractivity contribution in [1.29, 1.82) is 0 Å². The minimum absolute atomic E-state index is 0.0457. The fourth-order valence-electron chi connectivity index (χ4n) is 2.50. The smallest absolute Gasteiger partial charge is 0.243 e. The van der Waals surface area contributed by atoms with Gasteiger partial charge in [0.1, 0.15) is 0 Å². The standard InChI is InChI=1S/C18H21BrN2O/c1-11-7-13(3)18(14(4)8-11)21-17(22)10-20-15-5-6-16(19)12(2)9-15/h5-9,20H,10H2,1-4H3,(H,21,22). The van der Waals surface area contributed by atoms with Gasteiger partial charge in [-0.3, -0.25) is 4.79 Å². The minimum Gasteiger partial charge on any atom is -0.376 e. The fourth-order valence-corrected chi connectivity index (χ4v) is 2.74. The number of carbonyl (C=O) groups excluding carboxylic acids is 1. The van der Waals surface area contributed by atoms with Gasteiger partial charge in [-0.2, -0.15) is 0 Å². The van der Waals surface area contributed by atoms with E-state index in [1.807, 2.05) is 39.0 Å². The molecule has 0 spiro atoms. The van der Waals surface area contributed by atoms with Gasteiger partial charge in [-0.25, -0.2) is 0 Å². The molecule has 2 aromatic rings. The number of carbonyl (C=O) groups is 1. The zero-order valence-electron chi connectivity index (χ0n) is 13.4. The van der Waals surface area contributed by atoms with Gasteiger partial charge in [0, 0.05) is 15.8 Å². The van der Waals surface area contributed by atoms with Crippen molar-refractivity contribution in [3.8, 4) is 0 Å². The fraction of sp³-hybridized carbons (Fsp3) is 0.278. The second kappa shape index (κ2) is 6.97. The molecule has 0 aliphatic carbocycles. The highest BCUT2D eigenvalue weighted by Crippen LogP contribution is 2.22. The van der Waals surface area contributed by atoms with E-state index < -0.39 is 0 Å². The van der Waals surface area contributed by atoms with E-state index in [-0.39, 0.29) is 12.5 Å². The topological polar surface area (TPSA) is 41.1 Å². The summed E-state index contributed by atoms with van der Waals surface area (Å²) in [6.07, 6.45) is 0. The molecule has 0 saturated heterocycles. The van der Waals surface area contributed by atoms with Gasteiger partial charge in [0.05, 0.1) is 6.54 Å². The first kappa shape index (κ1) is 16.6. The molecule has 22 heavy (non-hydrogen) atoms. The Balaban J connectivity index is 2.00. The summed E-state index contributed by atoms with van der Waals surface area (Å²) in [6.45, 7) is 8.35. The minimum atomic E-state index is -0.0457. The molecule has 0 heterocycles. The van der Waals surface area contributed by atoms with Crippen LogP contribution in [0.1, 0.15) is 22.3 Å². The monoisotopic (exact) mass is 360 g/mol. The van der Waals surface area contributed by atoms with Crippen LogP contribution in [-0.4, -0.2) is 12.5 Å². The number of nitrogens with one attached hydrogen (secondary N) is 2. The Labute approximate surface area is 140 Å². The predicted molar refractivity (Wildman–Crippen MR) is 96.7 cm³/mol. The highest BCUT2D eigenvalue weighted by atomic mass is 79.9. The molecular weight excluding hydrogens is 340 g/mol. The van der Waals surface area contributed by atoms with Crippen LogP contribution in [0, 0.1) is 27.7 Å². The average molecular weight is 361 g/mol.